The Hall–Kier alpha value is -3.15. The lowest BCUT2D eigenvalue weighted by Gasteiger charge is -2.29. The molecule has 1 fully saturated rings. The summed E-state index contributed by atoms with van der Waals surface area (Å²) in [4.78, 5) is 15.1. The van der Waals surface area contributed by atoms with E-state index in [1.807, 2.05) is 42.5 Å². The van der Waals surface area contributed by atoms with Crippen LogP contribution in [0.2, 0.25) is 0 Å². The highest BCUT2D eigenvalue weighted by Gasteiger charge is 2.17. The van der Waals surface area contributed by atoms with Crippen LogP contribution in [0.1, 0.15) is 34.3 Å². The van der Waals surface area contributed by atoms with E-state index >= 15 is 0 Å². The summed E-state index contributed by atoms with van der Waals surface area (Å²) >= 11 is 0. The third-order valence-corrected chi connectivity index (χ3v) is 5.54. The highest BCUT2D eigenvalue weighted by molar-refractivity contribution is 5.96. The monoisotopic (exact) mass is 416 g/mol. The number of piperidine rings is 1. The van der Waals surface area contributed by atoms with Crippen molar-refractivity contribution in [3.8, 4) is 11.5 Å². The molecule has 5 heteroatoms. The number of likely N-dealkylation sites (tertiary alicyclic amines) is 1. The van der Waals surface area contributed by atoms with E-state index in [9.17, 15) is 9.90 Å². The van der Waals surface area contributed by atoms with Gasteiger partial charge in [-0.05, 0) is 48.2 Å². The summed E-state index contributed by atoms with van der Waals surface area (Å²) in [5, 5.41) is 12.6. The van der Waals surface area contributed by atoms with E-state index in [4.69, 9.17) is 4.74 Å². The Balaban J connectivity index is 1.33. The number of nitrogens with one attached hydrogen (secondary N) is 1. The second-order valence-corrected chi connectivity index (χ2v) is 7.92. The largest absolute Gasteiger partial charge is 0.457 e. The SMILES string of the molecule is O=C(NCc1ccc(CN2CCC(O)CC2)cc1)c1ccccc1Oc1ccccc1. The van der Waals surface area contributed by atoms with Gasteiger partial charge in [-0.3, -0.25) is 9.69 Å². The molecule has 0 spiro atoms. The summed E-state index contributed by atoms with van der Waals surface area (Å²) in [5.74, 6) is 1.07. The van der Waals surface area contributed by atoms with E-state index in [1.165, 1.54) is 5.56 Å². The molecule has 0 atom stereocenters. The van der Waals surface area contributed by atoms with E-state index in [2.05, 4.69) is 34.5 Å². The van der Waals surface area contributed by atoms with Crippen LogP contribution in [0.5, 0.6) is 11.5 Å². The van der Waals surface area contributed by atoms with E-state index in [-0.39, 0.29) is 12.0 Å². The third-order valence-electron chi connectivity index (χ3n) is 5.54. The van der Waals surface area contributed by atoms with Crippen molar-refractivity contribution in [3.63, 3.8) is 0 Å². The summed E-state index contributed by atoms with van der Waals surface area (Å²) in [5.41, 5.74) is 2.80. The fourth-order valence-electron chi connectivity index (χ4n) is 3.73. The summed E-state index contributed by atoms with van der Waals surface area (Å²) in [7, 11) is 0. The van der Waals surface area contributed by atoms with E-state index < -0.39 is 0 Å². The fraction of sp³-hybridized carbons (Fsp3) is 0.269. The van der Waals surface area contributed by atoms with Crippen molar-refractivity contribution < 1.29 is 14.6 Å². The molecule has 1 aliphatic heterocycles. The molecule has 3 aromatic carbocycles. The fourth-order valence-corrected chi connectivity index (χ4v) is 3.73. The average molecular weight is 417 g/mol. The molecule has 0 saturated carbocycles. The molecule has 31 heavy (non-hydrogen) atoms. The predicted molar refractivity (Wildman–Crippen MR) is 121 cm³/mol. The topological polar surface area (TPSA) is 61.8 Å². The number of hydrogen-bond donors (Lipinski definition) is 2. The lowest BCUT2D eigenvalue weighted by Crippen LogP contribution is -2.35. The smallest absolute Gasteiger partial charge is 0.255 e. The minimum atomic E-state index is -0.164. The van der Waals surface area contributed by atoms with Gasteiger partial charge < -0.3 is 15.2 Å². The molecule has 1 saturated heterocycles. The predicted octanol–water partition coefficient (Wildman–Crippen LogP) is 4.37. The second-order valence-electron chi connectivity index (χ2n) is 7.92. The quantitative estimate of drug-likeness (QED) is 0.601. The number of aliphatic hydroxyl groups excluding tert-OH is 1. The molecule has 1 aliphatic rings. The second kappa shape index (κ2) is 10.2. The van der Waals surface area contributed by atoms with Gasteiger partial charge in [0, 0.05) is 26.2 Å². The molecule has 1 amide bonds. The van der Waals surface area contributed by atoms with Crippen molar-refractivity contribution in [1.29, 1.82) is 0 Å². The molecule has 0 unspecified atom stereocenters. The van der Waals surface area contributed by atoms with Crippen molar-refractivity contribution in [3.05, 3.63) is 95.6 Å². The summed E-state index contributed by atoms with van der Waals surface area (Å²) in [6, 6.07) is 25.0. The number of para-hydroxylation sites is 2. The van der Waals surface area contributed by atoms with Crippen molar-refractivity contribution >= 4 is 5.91 Å². The lowest BCUT2D eigenvalue weighted by atomic mass is 10.1. The Kier molecular flexibility index (Phi) is 6.97. The third kappa shape index (κ3) is 5.94. The number of carbonyl (C=O) groups is 1. The Morgan fingerprint density at radius 1 is 0.903 bits per heavy atom. The number of carbonyl (C=O) groups excluding carboxylic acids is 1. The van der Waals surface area contributed by atoms with Gasteiger partial charge in [-0.15, -0.1) is 0 Å². The number of hydrogen-bond acceptors (Lipinski definition) is 4. The molecule has 5 nitrogen and oxygen atoms in total. The number of benzene rings is 3. The van der Waals surface area contributed by atoms with E-state index in [1.54, 1.807) is 12.1 Å². The lowest BCUT2D eigenvalue weighted by molar-refractivity contribution is 0.0792. The number of nitrogens with zero attached hydrogens (tertiary/aromatic N) is 1. The van der Waals surface area contributed by atoms with Crippen LogP contribution in [-0.4, -0.2) is 35.1 Å². The molecule has 0 bridgehead atoms. The van der Waals surface area contributed by atoms with Gasteiger partial charge in [-0.25, -0.2) is 0 Å². The minimum Gasteiger partial charge on any atom is -0.457 e. The first-order valence-electron chi connectivity index (χ1n) is 10.8. The molecule has 160 valence electrons. The van der Waals surface area contributed by atoms with Crippen LogP contribution in [0.15, 0.2) is 78.9 Å². The van der Waals surface area contributed by atoms with Gasteiger partial charge in [0.1, 0.15) is 11.5 Å². The number of aliphatic hydroxyl groups is 1. The molecular weight excluding hydrogens is 388 g/mol. The molecule has 3 aromatic rings. The van der Waals surface area contributed by atoms with Gasteiger partial charge in [-0.2, -0.15) is 0 Å². The zero-order valence-corrected chi connectivity index (χ0v) is 17.5. The maximum absolute atomic E-state index is 12.8. The van der Waals surface area contributed by atoms with E-state index in [0.717, 1.165) is 38.0 Å². The van der Waals surface area contributed by atoms with Crippen LogP contribution in [-0.2, 0) is 13.1 Å². The first kappa shape index (κ1) is 21.1. The number of ether oxygens (including phenoxy) is 1. The standard InChI is InChI=1S/C26H28N2O3/c29-22-14-16-28(17-15-22)19-21-12-10-20(11-13-21)18-27-26(30)24-8-4-5-9-25(24)31-23-6-2-1-3-7-23/h1-13,22,29H,14-19H2,(H,27,30). The highest BCUT2D eigenvalue weighted by atomic mass is 16.5. The average Bonchev–Trinajstić information content (AvgIpc) is 2.81. The summed E-state index contributed by atoms with van der Waals surface area (Å²) in [6.45, 7) is 3.21. The van der Waals surface area contributed by atoms with Gasteiger partial charge in [0.05, 0.1) is 11.7 Å². The van der Waals surface area contributed by atoms with E-state index in [0.29, 0.717) is 23.6 Å². The number of rotatable bonds is 7. The maximum atomic E-state index is 12.8. The Morgan fingerprint density at radius 3 is 2.29 bits per heavy atom. The van der Waals surface area contributed by atoms with Crippen molar-refractivity contribution in [1.82, 2.24) is 10.2 Å². The van der Waals surface area contributed by atoms with Gasteiger partial charge in [0.15, 0.2) is 0 Å². The molecule has 1 heterocycles. The summed E-state index contributed by atoms with van der Waals surface area (Å²) in [6.07, 6.45) is 1.55. The zero-order chi connectivity index (χ0) is 21.5. The van der Waals surface area contributed by atoms with Crippen molar-refractivity contribution in [2.24, 2.45) is 0 Å². The van der Waals surface area contributed by atoms with Gasteiger partial charge in [0.25, 0.3) is 5.91 Å². The first-order chi connectivity index (χ1) is 15.2. The minimum absolute atomic E-state index is 0.148. The Labute approximate surface area is 183 Å². The molecule has 4 rings (SSSR count). The summed E-state index contributed by atoms with van der Waals surface area (Å²) < 4.78 is 5.90. The van der Waals surface area contributed by atoms with Crippen LogP contribution >= 0.6 is 0 Å². The van der Waals surface area contributed by atoms with Crippen LogP contribution in [0, 0.1) is 0 Å². The van der Waals surface area contributed by atoms with Gasteiger partial charge >= 0.3 is 0 Å². The normalized spacial score (nSPS) is 14.9. The van der Waals surface area contributed by atoms with Crippen molar-refractivity contribution in [2.45, 2.75) is 32.0 Å². The molecule has 0 aliphatic carbocycles. The van der Waals surface area contributed by atoms with Gasteiger partial charge in [-0.1, -0.05) is 54.6 Å². The van der Waals surface area contributed by atoms with Crippen LogP contribution < -0.4 is 10.1 Å². The van der Waals surface area contributed by atoms with Crippen LogP contribution in [0.25, 0.3) is 0 Å². The molecule has 0 aromatic heterocycles. The highest BCUT2D eigenvalue weighted by Crippen LogP contribution is 2.25. The maximum Gasteiger partial charge on any atom is 0.255 e. The number of amides is 1. The van der Waals surface area contributed by atoms with Crippen LogP contribution in [0.4, 0.5) is 0 Å². The Morgan fingerprint density at radius 2 is 1.55 bits per heavy atom. The molecular formula is C26H28N2O3. The zero-order valence-electron chi connectivity index (χ0n) is 17.5. The van der Waals surface area contributed by atoms with Gasteiger partial charge in [0.2, 0.25) is 0 Å². The Bertz CT molecular complexity index is 981. The first-order valence-corrected chi connectivity index (χ1v) is 10.8. The molecule has 2 N–H and O–H groups in total. The molecule has 0 radical (unpaired) electrons. The van der Waals surface area contributed by atoms with Crippen molar-refractivity contribution in [2.75, 3.05) is 13.1 Å². The van der Waals surface area contributed by atoms with Crippen LogP contribution in [0.3, 0.4) is 0 Å².